The van der Waals surface area contributed by atoms with Gasteiger partial charge < -0.3 is 15.5 Å². The number of hydrogen-bond acceptors (Lipinski definition) is 3. The Kier molecular flexibility index (Phi) is 8.15. The van der Waals surface area contributed by atoms with Crippen molar-refractivity contribution in [3.8, 4) is 5.69 Å². The lowest BCUT2D eigenvalue weighted by molar-refractivity contribution is -0.116. The van der Waals surface area contributed by atoms with E-state index >= 15 is 0 Å². The first-order chi connectivity index (χ1) is 18.2. The summed E-state index contributed by atoms with van der Waals surface area (Å²) in [5.74, 6) is 0.305. The van der Waals surface area contributed by atoms with Gasteiger partial charge in [-0.1, -0.05) is 82.6 Å². The summed E-state index contributed by atoms with van der Waals surface area (Å²) in [5.41, 5.74) is 3.36. The van der Waals surface area contributed by atoms with Crippen LogP contribution in [0.2, 0.25) is 0 Å². The summed E-state index contributed by atoms with van der Waals surface area (Å²) in [5, 5.41) is 12.8. The third-order valence-corrected chi connectivity index (χ3v) is 6.43. The van der Waals surface area contributed by atoms with Gasteiger partial charge in [0.05, 0.1) is 17.1 Å². The van der Waals surface area contributed by atoms with Gasteiger partial charge in [-0.05, 0) is 42.5 Å². The average Bonchev–Trinajstić information content (AvgIpc) is 3.31. The largest absolute Gasteiger partial charge is 0.322 e. The third kappa shape index (κ3) is 6.40. The van der Waals surface area contributed by atoms with E-state index in [-0.39, 0.29) is 23.9 Å². The number of carbonyl (C=O) groups excluding carboxylic acids is 2. The zero-order chi connectivity index (χ0) is 27.3. The Morgan fingerprint density at radius 1 is 0.947 bits per heavy atom. The molecule has 0 saturated heterocycles. The summed E-state index contributed by atoms with van der Waals surface area (Å²) in [4.78, 5) is 28.2. The molecule has 0 aliphatic rings. The predicted octanol–water partition coefficient (Wildman–Crippen LogP) is 6.90. The first-order valence-corrected chi connectivity index (χ1v) is 13.2. The van der Waals surface area contributed by atoms with Crippen molar-refractivity contribution in [3.05, 3.63) is 84.1 Å². The van der Waals surface area contributed by atoms with Gasteiger partial charge in [0.2, 0.25) is 5.91 Å². The van der Waals surface area contributed by atoms with Crippen LogP contribution in [0.1, 0.15) is 51.8 Å². The molecule has 0 spiro atoms. The lowest BCUT2D eigenvalue weighted by atomic mass is 9.92. The van der Waals surface area contributed by atoms with Gasteiger partial charge in [-0.2, -0.15) is 5.10 Å². The number of aromatic nitrogens is 2. The maximum atomic E-state index is 13.3. The highest BCUT2D eigenvalue weighted by molar-refractivity contribution is 6.03. The minimum Gasteiger partial charge on any atom is -0.315 e. The van der Waals surface area contributed by atoms with Gasteiger partial charge in [-0.25, -0.2) is 9.48 Å². The molecule has 3 amide bonds. The first kappa shape index (κ1) is 26.9. The number of aryl methyl sites for hydroxylation is 1. The second kappa shape index (κ2) is 11.5. The molecule has 2 N–H and O–H groups in total. The van der Waals surface area contributed by atoms with E-state index < -0.39 is 0 Å². The topological polar surface area (TPSA) is 79.3 Å². The standard InChI is InChI=1S/C31H37N5O2/c1-6-7-18-35(30(38)32-26-17-11-14-23-13-8-9-16-25(23)26)21-29(37)33-28-20-27(31(3,4)5)34-36(28)24-15-10-12-22(2)19-24/h8-17,19-20H,6-7,18,21H2,1-5H3,(H,32,38)(H,33,37). The molecule has 0 atom stereocenters. The van der Waals surface area contributed by atoms with E-state index in [0.29, 0.717) is 12.4 Å². The predicted molar refractivity (Wildman–Crippen MR) is 155 cm³/mol. The smallest absolute Gasteiger partial charge is 0.315 e. The van der Waals surface area contributed by atoms with E-state index in [2.05, 4.69) is 38.3 Å². The van der Waals surface area contributed by atoms with E-state index in [1.165, 1.54) is 0 Å². The van der Waals surface area contributed by atoms with Crippen molar-refractivity contribution in [2.45, 2.75) is 52.9 Å². The van der Waals surface area contributed by atoms with Gasteiger partial charge >= 0.3 is 6.03 Å². The Hall–Kier alpha value is -4.13. The zero-order valence-electron chi connectivity index (χ0n) is 22.9. The molecule has 0 aliphatic heterocycles. The van der Waals surface area contributed by atoms with Crippen molar-refractivity contribution < 1.29 is 9.59 Å². The van der Waals surface area contributed by atoms with Crippen LogP contribution < -0.4 is 10.6 Å². The van der Waals surface area contributed by atoms with E-state index in [9.17, 15) is 9.59 Å². The number of amides is 3. The van der Waals surface area contributed by atoms with E-state index in [1.54, 1.807) is 9.58 Å². The second-order valence-electron chi connectivity index (χ2n) is 10.7. The molecule has 1 aromatic heterocycles. The van der Waals surface area contributed by atoms with Crippen LogP contribution in [0.4, 0.5) is 16.3 Å². The molecule has 4 rings (SSSR count). The van der Waals surface area contributed by atoms with Crippen LogP contribution in [-0.2, 0) is 10.2 Å². The van der Waals surface area contributed by atoms with Gasteiger partial charge in [0.25, 0.3) is 0 Å². The summed E-state index contributed by atoms with van der Waals surface area (Å²) in [6, 6.07) is 23.3. The molecule has 38 heavy (non-hydrogen) atoms. The number of rotatable bonds is 8. The fourth-order valence-electron chi connectivity index (χ4n) is 4.28. The number of hydrogen-bond donors (Lipinski definition) is 2. The highest BCUT2D eigenvalue weighted by atomic mass is 16.2. The van der Waals surface area contributed by atoms with E-state index in [0.717, 1.165) is 46.2 Å². The monoisotopic (exact) mass is 511 g/mol. The molecule has 1 heterocycles. The molecule has 0 saturated carbocycles. The Balaban J connectivity index is 1.55. The molecule has 0 radical (unpaired) electrons. The first-order valence-electron chi connectivity index (χ1n) is 13.2. The lowest BCUT2D eigenvalue weighted by Gasteiger charge is -2.23. The molecule has 0 unspecified atom stereocenters. The molecule has 4 aromatic rings. The molecule has 3 aromatic carbocycles. The number of carbonyl (C=O) groups is 2. The van der Waals surface area contributed by atoms with Crippen LogP contribution in [0.25, 0.3) is 16.5 Å². The van der Waals surface area contributed by atoms with Crippen LogP contribution in [0.15, 0.2) is 72.8 Å². The molecule has 0 aliphatic carbocycles. The van der Waals surface area contributed by atoms with Crippen LogP contribution in [0, 0.1) is 6.92 Å². The van der Waals surface area contributed by atoms with Crippen LogP contribution in [0.5, 0.6) is 0 Å². The normalized spacial score (nSPS) is 11.4. The number of benzene rings is 3. The van der Waals surface area contributed by atoms with Gasteiger partial charge in [0.1, 0.15) is 12.4 Å². The van der Waals surface area contributed by atoms with Crippen molar-refractivity contribution in [3.63, 3.8) is 0 Å². The minimum atomic E-state index is -0.299. The van der Waals surface area contributed by atoms with Crippen LogP contribution in [0.3, 0.4) is 0 Å². The fraction of sp³-hybridized carbons (Fsp3) is 0.323. The highest BCUT2D eigenvalue weighted by Crippen LogP contribution is 2.27. The molecule has 198 valence electrons. The number of nitrogens with zero attached hydrogens (tertiary/aromatic N) is 3. The van der Waals surface area contributed by atoms with Crippen molar-refractivity contribution in [2.24, 2.45) is 0 Å². The van der Waals surface area contributed by atoms with Crippen molar-refractivity contribution in [2.75, 3.05) is 23.7 Å². The van der Waals surface area contributed by atoms with Crippen molar-refractivity contribution >= 4 is 34.2 Å². The molecule has 0 bridgehead atoms. The summed E-state index contributed by atoms with van der Waals surface area (Å²) < 4.78 is 1.76. The maximum absolute atomic E-state index is 13.3. The van der Waals surface area contributed by atoms with E-state index in [1.807, 2.05) is 79.7 Å². The zero-order valence-corrected chi connectivity index (χ0v) is 22.9. The number of anilines is 2. The second-order valence-corrected chi connectivity index (χ2v) is 10.7. The Morgan fingerprint density at radius 3 is 2.42 bits per heavy atom. The van der Waals surface area contributed by atoms with Gasteiger partial charge in [-0.15, -0.1) is 0 Å². The Labute approximate surface area is 224 Å². The third-order valence-electron chi connectivity index (χ3n) is 6.43. The Bertz CT molecular complexity index is 1430. The average molecular weight is 512 g/mol. The highest BCUT2D eigenvalue weighted by Gasteiger charge is 2.23. The molecule has 7 nitrogen and oxygen atoms in total. The van der Waals surface area contributed by atoms with Crippen LogP contribution in [-0.4, -0.2) is 39.7 Å². The summed E-state index contributed by atoms with van der Waals surface area (Å²) >= 11 is 0. The van der Waals surface area contributed by atoms with Crippen molar-refractivity contribution in [1.29, 1.82) is 0 Å². The molecular weight excluding hydrogens is 474 g/mol. The SMILES string of the molecule is CCCCN(CC(=O)Nc1cc(C(C)(C)C)nn1-c1cccc(C)c1)C(=O)Nc1cccc2ccccc12. The van der Waals surface area contributed by atoms with E-state index in [4.69, 9.17) is 5.10 Å². The summed E-state index contributed by atoms with van der Waals surface area (Å²) in [7, 11) is 0. The Morgan fingerprint density at radius 2 is 1.68 bits per heavy atom. The molecular formula is C31H37N5O2. The number of urea groups is 1. The van der Waals surface area contributed by atoms with Crippen LogP contribution >= 0.6 is 0 Å². The summed E-state index contributed by atoms with van der Waals surface area (Å²) in [6.45, 7) is 10.8. The number of nitrogens with one attached hydrogen (secondary N) is 2. The number of fused-ring (bicyclic) bond motifs is 1. The molecule has 0 fully saturated rings. The molecule has 7 heteroatoms. The summed E-state index contributed by atoms with van der Waals surface area (Å²) in [6.07, 6.45) is 1.71. The quantitative estimate of drug-likeness (QED) is 0.270. The van der Waals surface area contributed by atoms with Crippen molar-refractivity contribution in [1.82, 2.24) is 14.7 Å². The maximum Gasteiger partial charge on any atom is 0.322 e. The van der Waals surface area contributed by atoms with Gasteiger partial charge in [-0.3, -0.25) is 4.79 Å². The number of unbranched alkanes of at least 4 members (excludes halogenated alkanes) is 1. The fourth-order valence-corrected chi connectivity index (χ4v) is 4.28. The van der Waals surface area contributed by atoms with Gasteiger partial charge in [0, 0.05) is 23.4 Å². The van der Waals surface area contributed by atoms with Gasteiger partial charge in [0.15, 0.2) is 0 Å². The minimum absolute atomic E-state index is 0.0690. The lowest BCUT2D eigenvalue weighted by Crippen LogP contribution is -2.41.